The third-order valence-electron chi connectivity index (χ3n) is 14.1. The van der Waals surface area contributed by atoms with Crippen LogP contribution < -0.4 is 5.32 Å². The van der Waals surface area contributed by atoms with Gasteiger partial charge in [-0.15, -0.1) is 0 Å². The first-order chi connectivity index (χ1) is 35.8. The number of nitrogens with zero attached hydrogens (tertiary/aromatic N) is 8. The number of hydrogen-bond acceptors (Lipinski definition) is 17. The van der Waals surface area contributed by atoms with Crippen molar-refractivity contribution in [3.63, 3.8) is 0 Å². The Morgan fingerprint density at radius 3 is 1.63 bits per heavy atom. The molecule has 26 heteroatoms. The van der Waals surface area contributed by atoms with Gasteiger partial charge in [0.1, 0.15) is 12.2 Å². The number of piperazine rings is 1. The van der Waals surface area contributed by atoms with Crippen molar-refractivity contribution in [1.29, 1.82) is 0 Å². The molecule has 0 saturated carbocycles. The Morgan fingerprint density at radius 2 is 1.04 bits per heavy atom. The van der Waals surface area contributed by atoms with Gasteiger partial charge in [-0.25, -0.2) is 26.7 Å². The number of aromatic nitrogens is 1. The fourth-order valence-corrected chi connectivity index (χ4v) is 16.4. The first kappa shape index (κ1) is 50.9. The number of carbonyl (C=O) groups excluding carboxylic acids is 2. The van der Waals surface area contributed by atoms with E-state index >= 15 is 16.8 Å². The number of nitro benzene ring substituents is 3. The minimum atomic E-state index is -5.33. The largest absolute Gasteiger partial charge is 0.336 e. The van der Waals surface area contributed by atoms with E-state index in [0.717, 1.165) is 45.0 Å². The van der Waals surface area contributed by atoms with Crippen LogP contribution in [-0.4, -0.2) is 126 Å². The number of para-hydroxylation sites is 3. The molecule has 5 heterocycles. The van der Waals surface area contributed by atoms with E-state index in [1.807, 2.05) is 0 Å². The summed E-state index contributed by atoms with van der Waals surface area (Å²) in [5.74, 6) is -1.07. The highest BCUT2D eigenvalue weighted by atomic mass is 32.2. The molecule has 11 rings (SSSR count). The number of hydrogen-bond donors (Lipinski definition) is 1. The minimum absolute atomic E-state index is 0.00357. The molecule has 0 spiro atoms. The molecule has 1 N–H and O–H groups in total. The van der Waals surface area contributed by atoms with Crippen LogP contribution in [0.1, 0.15) is 73.0 Å². The molecule has 3 atom stereocenters. The SMILES string of the molecule is O=C1c2ccccc2C(=O)c2cc(C3c4cc5nc(c4)C(N4CCNCC4)[N+]3(S(=O)(=O)c3ccccc3[N+](=O)[O-])CCN(S(=O)(=O)c3ccccc3[N+](=O)[O-])CCCN(S(=O)(=O)c3ccccc3[N+](=O)[O-])C5)ccc21. The molecule has 5 aliphatic rings. The fourth-order valence-electron chi connectivity index (χ4n) is 10.8. The molecule has 0 radical (unpaired) electrons. The summed E-state index contributed by atoms with van der Waals surface area (Å²) < 4.78 is 94.0. The van der Waals surface area contributed by atoms with Crippen LogP contribution in [0.25, 0.3) is 0 Å². The molecule has 1 fully saturated rings. The lowest BCUT2D eigenvalue weighted by atomic mass is 9.81. The third-order valence-corrected chi connectivity index (χ3v) is 20.3. The summed E-state index contributed by atoms with van der Waals surface area (Å²) >= 11 is 0. The lowest BCUT2D eigenvalue weighted by Gasteiger charge is -2.53. The third kappa shape index (κ3) is 8.47. The van der Waals surface area contributed by atoms with Crippen LogP contribution in [0.2, 0.25) is 0 Å². The second-order valence-electron chi connectivity index (χ2n) is 18.2. The monoisotopic (exact) mass is 1080 g/mol. The van der Waals surface area contributed by atoms with Gasteiger partial charge in [0.2, 0.25) is 26.2 Å². The first-order valence-electron chi connectivity index (χ1n) is 23.4. The summed E-state index contributed by atoms with van der Waals surface area (Å²) in [6.45, 7) is -2.49. The summed E-state index contributed by atoms with van der Waals surface area (Å²) in [5.41, 5.74) is -2.05. The average Bonchev–Trinajstić information content (AvgIpc) is 3.45. The number of nitro groups is 3. The Morgan fingerprint density at radius 1 is 0.547 bits per heavy atom. The minimum Gasteiger partial charge on any atom is -0.314 e. The fraction of sp³-hybridized carbons (Fsp3) is 0.245. The molecule has 4 aliphatic heterocycles. The van der Waals surface area contributed by atoms with Crippen LogP contribution in [0, 0.1) is 30.3 Å². The van der Waals surface area contributed by atoms with Crippen molar-refractivity contribution >= 4 is 58.7 Å². The lowest BCUT2D eigenvalue weighted by Crippen LogP contribution is -2.66. The van der Waals surface area contributed by atoms with Crippen molar-refractivity contribution < 1.29 is 53.5 Å². The molecule has 0 amide bonds. The van der Waals surface area contributed by atoms with Crippen molar-refractivity contribution in [1.82, 2.24) is 23.8 Å². The van der Waals surface area contributed by atoms with Crippen molar-refractivity contribution in [3.05, 3.63) is 203 Å². The molecule has 75 heavy (non-hydrogen) atoms. The Hall–Kier alpha value is -7.56. The van der Waals surface area contributed by atoms with Crippen molar-refractivity contribution in [3.8, 4) is 0 Å². The topological polar surface area (TPSA) is 301 Å². The van der Waals surface area contributed by atoms with E-state index in [9.17, 15) is 48.3 Å². The van der Waals surface area contributed by atoms with Gasteiger partial charge in [-0.3, -0.25) is 39.9 Å². The van der Waals surface area contributed by atoms with Crippen LogP contribution in [0.15, 0.2) is 142 Å². The van der Waals surface area contributed by atoms with E-state index in [-0.39, 0.29) is 77.4 Å². The summed E-state index contributed by atoms with van der Waals surface area (Å²) in [6.07, 6.45) is -1.88. The summed E-state index contributed by atoms with van der Waals surface area (Å²) in [7, 11) is -15.3. The predicted molar refractivity (Wildman–Crippen MR) is 266 cm³/mol. The predicted octanol–water partition coefficient (Wildman–Crippen LogP) is 5.08. The highest BCUT2D eigenvalue weighted by Gasteiger charge is 2.63. The molecular weight excluding hydrogens is 1030 g/mol. The van der Waals surface area contributed by atoms with Crippen LogP contribution >= 0.6 is 0 Å². The maximum absolute atomic E-state index is 16.7. The zero-order valence-corrected chi connectivity index (χ0v) is 41.8. The number of nitrogens with one attached hydrogen (secondary N) is 1. The maximum Gasteiger partial charge on any atom is 0.336 e. The second-order valence-corrected chi connectivity index (χ2v) is 24.1. The lowest BCUT2D eigenvalue weighted by molar-refractivity contribution is -0.880. The summed E-state index contributed by atoms with van der Waals surface area (Å²) in [5, 5.41) is 41.0. The van der Waals surface area contributed by atoms with Crippen LogP contribution in [0.5, 0.6) is 0 Å². The van der Waals surface area contributed by atoms with Crippen molar-refractivity contribution in [2.45, 2.75) is 39.9 Å². The molecule has 4 bridgehead atoms. The van der Waals surface area contributed by atoms with E-state index in [1.54, 1.807) is 23.1 Å². The zero-order chi connectivity index (χ0) is 53.2. The number of quaternary nitrogens is 1. The smallest absolute Gasteiger partial charge is 0.314 e. The number of ketones is 2. The number of rotatable bonds is 11. The Labute approximate surface area is 428 Å². The van der Waals surface area contributed by atoms with Gasteiger partial charge in [0, 0.05) is 90.8 Å². The highest BCUT2D eigenvalue weighted by Crippen LogP contribution is 2.54. The first-order valence-corrected chi connectivity index (χ1v) is 27.7. The van der Waals surface area contributed by atoms with Crippen LogP contribution in [-0.2, 0) is 36.6 Å². The number of carbonyl (C=O) groups is 2. The number of sulfonamides is 3. The molecule has 386 valence electrons. The van der Waals surface area contributed by atoms with E-state index in [1.165, 1.54) is 72.8 Å². The molecular formula is C49H44N9O14S3+. The van der Waals surface area contributed by atoms with E-state index in [2.05, 4.69) is 5.32 Å². The molecule has 1 aromatic heterocycles. The van der Waals surface area contributed by atoms with Crippen molar-refractivity contribution in [2.75, 3.05) is 52.4 Å². The summed E-state index contributed by atoms with van der Waals surface area (Å²) in [6, 6.07) is 25.6. The maximum atomic E-state index is 16.7. The molecule has 1 aliphatic carbocycles. The van der Waals surface area contributed by atoms with Gasteiger partial charge in [0.25, 0.3) is 17.1 Å². The second kappa shape index (κ2) is 19.3. The van der Waals surface area contributed by atoms with E-state index < -0.39 is 137 Å². The average molecular weight is 1080 g/mol. The van der Waals surface area contributed by atoms with E-state index in [4.69, 9.17) is 4.98 Å². The van der Waals surface area contributed by atoms with Gasteiger partial charge < -0.3 is 5.32 Å². The molecule has 3 unspecified atom stereocenters. The van der Waals surface area contributed by atoms with Crippen LogP contribution in [0.3, 0.4) is 0 Å². The van der Waals surface area contributed by atoms with Gasteiger partial charge in [-0.05, 0) is 48.9 Å². The number of fused-ring (bicyclic) bond motifs is 9. The van der Waals surface area contributed by atoms with Gasteiger partial charge in [-0.2, -0.15) is 20.9 Å². The van der Waals surface area contributed by atoms with Crippen LogP contribution in [0.4, 0.5) is 17.1 Å². The molecule has 1 saturated heterocycles. The highest BCUT2D eigenvalue weighted by molar-refractivity contribution is 7.89. The Bertz CT molecular complexity index is 3760. The van der Waals surface area contributed by atoms with E-state index in [0.29, 0.717) is 0 Å². The Balaban J connectivity index is 1.30. The standard InChI is InChI=1S/C49H44N9O14S3/c59-47-35-10-1-2-11-36(35)48(60)38-29-32(18-19-37(38)47)46-33-28-34-31-54(74(69,70)44-16-7-4-13-41(44)56(63)64)23-9-22-53(73(67,68)43-15-6-3-12-40(43)55(61)62)26-27-58(46,49(39(30-33)51-34)52-24-20-50-21-25-52)75(71,72)45-17-8-5-14-42(45)57(65)66/h1-8,10-19,28-30,46,49-50H,9,20-27,31H2/q+1. The van der Waals surface area contributed by atoms with Gasteiger partial charge in [0.15, 0.2) is 32.3 Å². The van der Waals surface area contributed by atoms with Gasteiger partial charge in [-0.1, -0.05) is 66.7 Å². The normalized spacial score (nSPS) is 20.8. The van der Waals surface area contributed by atoms with Gasteiger partial charge in [0.05, 0.1) is 33.6 Å². The molecule has 23 nitrogen and oxygen atoms in total. The molecule has 6 aromatic rings. The number of pyridine rings is 1. The quantitative estimate of drug-likeness (QED) is 0.100. The Kier molecular flexibility index (Phi) is 13.1. The summed E-state index contributed by atoms with van der Waals surface area (Å²) in [4.78, 5) is 68.2. The molecule has 5 aromatic carbocycles. The zero-order valence-electron chi connectivity index (χ0n) is 39.4. The van der Waals surface area contributed by atoms with Crippen molar-refractivity contribution in [2.24, 2.45) is 0 Å². The van der Waals surface area contributed by atoms with Gasteiger partial charge >= 0.3 is 10.0 Å². The number of benzene rings is 5.